The fourth-order valence-corrected chi connectivity index (χ4v) is 2.41. The van der Waals surface area contributed by atoms with Gasteiger partial charge in [0.15, 0.2) is 11.6 Å². The van der Waals surface area contributed by atoms with E-state index in [1.54, 1.807) is 6.07 Å². The van der Waals surface area contributed by atoms with Crippen LogP contribution in [-0.4, -0.2) is 18.3 Å². The molecule has 4 heteroatoms. The fraction of sp³-hybridized carbons (Fsp3) is 0.538. The van der Waals surface area contributed by atoms with Gasteiger partial charge in [-0.25, -0.2) is 4.39 Å². The number of hydrogen-bond donors (Lipinski definition) is 2. The summed E-state index contributed by atoms with van der Waals surface area (Å²) in [7, 11) is 0. The number of rotatable bonds is 2. The minimum atomic E-state index is -0.604. The molecule has 1 atom stereocenters. The summed E-state index contributed by atoms with van der Waals surface area (Å²) in [5.41, 5.74) is 7.53. The van der Waals surface area contributed by atoms with Crippen LogP contribution in [0.15, 0.2) is 12.1 Å². The Labute approximate surface area is 100 Å². The van der Waals surface area contributed by atoms with E-state index in [-0.39, 0.29) is 17.7 Å². The molecular formula is C13H18FNO2. The molecule has 1 aliphatic heterocycles. The lowest BCUT2D eigenvalue weighted by atomic mass is 9.85. The molecule has 3 N–H and O–H groups in total. The summed E-state index contributed by atoms with van der Waals surface area (Å²) < 4.78 is 18.6. The molecule has 0 radical (unpaired) electrons. The number of hydrogen-bond acceptors (Lipinski definition) is 3. The SMILES string of the molecule is Cc1ccc(F)c(O)c1[C@@H](N)C1CCOCC1. The molecule has 1 aromatic carbocycles. The lowest BCUT2D eigenvalue weighted by Gasteiger charge is -2.29. The zero-order valence-corrected chi connectivity index (χ0v) is 9.95. The fourth-order valence-electron chi connectivity index (χ4n) is 2.41. The predicted octanol–water partition coefficient (Wildman–Crippen LogP) is 2.27. The first kappa shape index (κ1) is 12.3. The van der Waals surface area contributed by atoms with Crippen LogP contribution in [0.3, 0.4) is 0 Å². The van der Waals surface area contributed by atoms with Gasteiger partial charge in [0.2, 0.25) is 0 Å². The van der Waals surface area contributed by atoms with Gasteiger partial charge in [-0.15, -0.1) is 0 Å². The predicted molar refractivity (Wildman–Crippen MR) is 63.3 cm³/mol. The van der Waals surface area contributed by atoms with E-state index in [9.17, 15) is 9.50 Å². The second-order valence-electron chi connectivity index (χ2n) is 4.60. The molecule has 0 aliphatic carbocycles. The first-order valence-electron chi connectivity index (χ1n) is 5.92. The molecule has 1 aromatic rings. The number of benzene rings is 1. The number of phenols is 1. The Balaban J connectivity index is 2.29. The van der Waals surface area contributed by atoms with Crippen molar-refractivity contribution in [1.29, 1.82) is 0 Å². The molecule has 0 aromatic heterocycles. The van der Waals surface area contributed by atoms with Crippen LogP contribution in [0, 0.1) is 18.7 Å². The van der Waals surface area contributed by atoms with Gasteiger partial charge < -0.3 is 15.6 Å². The van der Waals surface area contributed by atoms with Crippen LogP contribution in [0.2, 0.25) is 0 Å². The smallest absolute Gasteiger partial charge is 0.165 e. The van der Waals surface area contributed by atoms with Crippen molar-refractivity contribution in [3.05, 3.63) is 29.1 Å². The molecule has 1 aliphatic rings. The maximum absolute atomic E-state index is 13.4. The maximum atomic E-state index is 13.4. The Bertz CT molecular complexity index is 403. The molecule has 0 amide bonds. The lowest BCUT2D eigenvalue weighted by Crippen LogP contribution is -2.28. The summed E-state index contributed by atoms with van der Waals surface area (Å²) >= 11 is 0. The maximum Gasteiger partial charge on any atom is 0.165 e. The Kier molecular flexibility index (Phi) is 3.64. The quantitative estimate of drug-likeness (QED) is 0.832. The highest BCUT2D eigenvalue weighted by atomic mass is 19.1. The highest BCUT2D eigenvalue weighted by Crippen LogP contribution is 2.36. The van der Waals surface area contributed by atoms with E-state index < -0.39 is 5.82 Å². The van der Waals surface area contributed by atoms with Crippen molar-refractivity contribution < 1.29 is 14.2 Å². The molecule has 0 spiro atoms. The van der Waals surface area contributed by atoms with Crippen molar-refractivity contribution in [3.63, 3.8) is 0 Å². The van der Waals surface area contributed by atoms with Crippen LogP contribution in [0.5, 0.6) is 5.75 Å². The van der Waals surface area contributed by atoms with E-state index in [4.69, 9.17) is 10.5 Å². The second kappa shape index (κ2) is 5.02. The highest BCUT2D eigenvalue weighted by molar-refractivity contribution is 5.42. The Morgan fingerprint density at radius 1 is 1.41 bits per heavy atom. The van der Waals surface area contributed by atoms with Crippen molar-refractivity contribution in [2.45, 2.75) is 25.8 Å². The normalized spacial score (nSPS) is 19.2. The summed E-state index contributed by atoms with van der Waals surface area (Å²) in [6.07, 6.45) is 1.72. The van der Waals surface area contributed by atoms with E-state index in [1.807, 2.05) is 6.92 Å². The van der Waals surface area contributed by atoms with Crippen LogP contribution < -0.4 is 5.73 Å². The van der Waals surface area contributed by atoms with Crippen LogP contribution in [0.25, 0.3) is 0 Å². The van der Waals surface area contributed by atoms with Gasteiger partial charge in [0, 0.05) is 24.8 Å². The molecule has 1 heterocycles. The average Bonchev–Trinajstić information content (AvgIpc) is 2.35. The van der Waals surface area contributed by atoms with Crippen LogP contribution in [0.4, 0.5) is 4.39 Å². The number of nitrogens with two attached hydrogens (primary N) is 1. The van der Waals surface area contributed by atoms with Crippen LogP contribution in [0.1, 0.15) is 30.0 Å². The number of halogens is 1. The van der Waals surface area contributed by atoms with Crippen molar-refractivity contribution >= 4 is 0 Å². The molecule has 0 saturated carbocycles. The van der Waals surface area contributed by atoms with Crippen molar-refractivity contribution in [2.24, 2.45) is 11.7 Å². The third kappa shape index (κ3) is 2.42. The zero-order chi connectivity index (χ0) is 12.4. The van der Waals surface area contributed by atoms with E-state index >= 15 is 0 Å². The van der Waals surface area contributed by atoms with Crippen LogP contribution in [-0.2, 0) is 4.74 Å². The number of phenolic OH excluding ortho intramolecular Hbond substituents is 1. The van der Waals surface area contributed by atoms with Gasteiger partial charge in [0.05, 0.1) is 0 Å². The topological polar surface area (TPSA) is 55.5 Å². The molecule has 0 bridgehead atoms. The van der Waals surface area contributed by atoms with Gasteiger partial charge in [0.1, 0.15) is 0 Å². The van der Waals surface area contributed by atoms with E-state index in [0.717, 1.165) is 18.4 Å². The van der Waals surface area contributed by atoms with Crippen molar-refractivity contribution in [3.8, 4) is 5.75 Å². The number of aromatic hydroxyl groups is 1. The van der Waals surface area contributed by atoms with Crippen LogP contribution >= 0.6 is 0 Å². The van der Waals surface area contributed by atoms with Gasteiger partial charge >= 0.3 is 0 Å². The molecule has 0 unspecified atom stereocenters. The van der Waals surface area contributed by atoms with E-state index in [2.05, 4.69) is 0 Å². The van der Waals surface area contributed by atoms with Gasteiger partial charge in [-0.05, 0) is 37.3 Å². The van der Waals surface area contributed by atoms with Gasteiger partial charge in [-0.2, -0.15) is 0 Å². The molecule has 1 saturated heterocycles. The monoisotopic (exact) mass is 239 g/mol. The Morgan fingerprint density at radius 3 is 2.71 bits per heavy atom. The second-order valence-corrected chi connectivity index (χ2v) is 4.60. The number of aryl methyl sites for hydroxylation is 1. The van der Waals surface area contributed by atoms with Crippen molar-refractivity contribution in [1.82, 2.24) is 0 Å². The molecule has 2 rings (SSSR count). The first-order chi connectivity index (χ1) is 8.11. The van der Waals surface area contributed by atoms with Gasteiger partial charge in [-0.3, -0.25) is 0 Å². The largest absolute Gasteiger partial charge is 0.505 e. The summed E-state index contributed by atoms with van der Waals surface area (Å²) in [4.78, 5) is 0. The first-order valence-corrected chi connectivity index (χ1v) is 5.92. The Hall–Kier alpha value is -1.13. The summed E-state index contributed by atoms with van der Waals surface area (Å²) in [5, 5.41) is 9.79. The highest BCUT2D eigenvalue weighted by Gasteiger charge is 2.26. The van der Waals surface area contributed by atoms with Gasteiger partial charge in [-0.1, -0.05) is 6.07 Å². The summed E-state index contributed by atoms with van der Waals surface area (Å²) in [5.74, 6) is -0.660. The standard InChI is InChI=1S/C13H18FNO2/c1-8-2-3-10(14)13(16)11(8)12(15)9-4-6-17-7-5-9/h2-3,9,12,16H,4-7,15H2,1H3/t12-/m0/s1. The minimum Gasteiger partial charge on any atom is -0.505 e. The van der Waals surface area contributed by atoms with E-state index in [0.29, 0.717) is 18.8 Å². The molecule has 3 nitrogen and oxygen atoms in total. The Morgan fingerprint density at radius 2 is 2.06 bits per heavy atom. The molecular weight excluding hydrogens is 221 g/mol. The third-order valence-corrected chi connectivity index (χ3v) is 3.49. The van der Waals surface area contributed by atoms with Gasteiger partial charge in [0.25, 0.3) is 0 Å². The lowest BCUT2D eigenvalue weighted by molar-refractivity contribution is 0.0580. The average molecular weight is 239 g/mol. The van der Waals surface area contributed by atoms with Crippen molar-refractivity contribution in [2.75, 3.05) is 13.2 Å². The summed E-state index contributed by atoms with van der Waals surface area (Å²) in [6, 6.07) is 2.60. The summed E-state index contributed by atoms with van der Waals surface area (Å²) in [6.45, 7) is 3.22. The third-order valence-electron chi connectivity index (χ3n) is 3.49. The number of ether oxygens (including phenoxy) is 1. The molecule has 17 heavy (non-hydrogen) atoms. The molecule has 1 fully saturated rings. The zero-order valence-electron chi connectivity index (χ0n) is 9.95. The minimum absolute atomic E-state index is 0.246. The molecule has 94 valence electrons. The van der Waals surface area contributed by atoms with E-state index in [1.165, 1.54) is 6.07 Å².